The van der Waals surface area contributed by atoms with Crippen molar-refractivity contribution in [1.82, 2.24) is 5.32 Å². The third-order valence-electron chi connectivity index (χ3n) is 6.71. The third-order valence-corrected chi connectivity index (χ3v) is 8.07. The molecule has 6 rings (SSSR count). The maximum Gasteiger partial charge on any atom is 0.264 e. The second kappa shape index (κ2) is 4.27. The molecule has 1 N–H and O–H groups in total. The van der Waals surface area contributed by atoms with E-state index in [9.17, 15) is 4.79 Å². The molecule has 0 radical (unpaired) electrons. The van der Waals surface area contributed by atoms with E-state index in [1.165, 1.54) is 51.4 Å². The number of aliphatic imine (C=N–C) groups is 1. The molecular formula is C17H24N2OS. The number of hydrogen-bond acceptors (Lipinski definition) is 3. The Morgan fingerprint density at radius 3 is 2.14 bits per heavy atom. The summed E-state index contributed by atoms with van der Waals surface area (Å²) in [4.78, 5) is 16.8. The summed E-state index contributed by atoms with van der Waals surface area (Å²) in [5.74, 6) is 2.96. The van der Waals surface area contributed by atoms with Crippen LogP contribution in [0.2, 0.25) is 0 Å². The number of amidine groups is 1. The maximum absolute atomic E-state index is 12.3. The van der Waals surface area contributed by atoms with E-state index in [2.05, 4.69) is 10.3 Å². The highest BCUT2D eigenvalue weighted by Crippen LogP contribution is 2.56. The van der Waals surface area contributed by atoms with Gasteiger partial charge in [0.25, 0.3) is 5.91 Å². The highest BCUT2D eigenvalue weighted by atomic mass is 32.2. The van der Waals surface area contributed by atoms with Crippen LogP contribution in [0.5, 0.6) is 0 Å². The van der Waals surface area contributed by atoms with Gasteiger partial charge in [-0.25, -0.2) is 0 Å². The number of nitrogens with zero attached hydrogens (tertiary/aromatic N) is 1. The molecule has 5 aliphatic carbocycles. The van der Waals surface area contributed by atoms with Crippen LogP contribution >= 0.6 is 11.8 Å². The average molecular weight is 304 g/mol. The Balaban J connectivity index is 1.36. The number of rotatable bonds is 1. The van der Waals surface area contributed by atoms with Crippen LogP contribution in [0.25, 0.3) is 0 Å². The zero-order valence-electron chi connectivity index (χ0n) is 12.6. The van der Waals surface area contributed by atoms with Gasteiger partial charge in [0.05, 0.1) is 0 Å². The molecule has 5 saturated carbocycles. The van der Waals surface area contributed by atoms with Crippen LogP contribution in [0.1, 0.15) is 64.2 Å². The van der Waals surface area contributed by atoms with E-state index in [-0.39, 0.29) is 16.2 Å². The lowest BCUT2D eigenvalue weighted by Gasteiger charge is -2.57. The summed E-state index contributed by atoms with van der Waals surface area (Å²) >= 11 is 1.77. The van der Waals surface area contributed by atoms with Crippen LogP contribution < -0.4 is 5.32 Å². The molecule has 0 aromatic carbocycles. The van der Waals surface area contributed by atoms with Crippen LogP contribution in [0.4, 0.5) is 0 Å². The first-order valence-corrected chi connectivity index (χ1v) is 9.57. The van der Waals surface area contributed by atoms with Gasteiger partial charge < -0.3 is 5.32 Å². The molecule has 21 heavy (non-hydrogen) atoms. The molecule has 1 spiro atoms. The molecule has 6 aliphatic rings. The predicted molar refractivity (Wildman–Crippen MR) is 85.3 cm³/mol. The Labute approximate surface area is 130 Å². The first-order valence-electron chi connectivity index (χ1n) is 8.75. The van der Waals surface area contributed by atoms with Crippen molar-refractivity contribution in [1.29, 1.82) is 0 Å². The minimum atomic E-state index is -0.176. The first kappa shape index (κ1) is 13.0. The molecular weight excluding hydrogens is 280 g/mol. The van der Waals surface area contributed by atoms with Crippen LogP contribution in [0.3, 0.4) is 0 Å². The van der Waals surface area contributed by atoms with E-state index in [0.717, 1.165) is 35.8 Å². The van der Waals surface area contributed by atoms with Gasteiger partial charge in [0.1, 0.15) is 4.75 Å². The second-order valence-electron chi connectivity index (χ2n) is 8.35. The Kier molecular flexibility index (Phi) is 2.64. The summed E-state index contributed by atoms with van der Waals surface area (Å²) in [6.07, 6.45) is 12.8. The van der Waals surface area contributed by atoms with E-state index in [1.54, 1.807) is 11.8 Å². The summed E-state index contributed by atoms with van der Waals surface area (Å²) in [6, 6.07) is 0. The normalized spacial score (nSPS) is 46.4. The largest absolute Gasteiger partial charge is 0.359 e. The summed E-state index contributed by atoms with van der Waals surface area (Å²) in [5, 5.41) is 4.76. The molecule has 3 nitrogen and oxygen atoms in total. The van der Waals surface area contributed by atoms with E-state index in [0.29, 0.717) is 0 Å². The van der Waals surface area contributed by atoms with Gasteiger partial charge in [0, 0.05) is 5.54 Å². The van der Waals surface area contributed by atoms with Gasteiger partial charge in [0.2, 0.25) is 0 Å². The van der Waals surface area contributed by atoms with Crippen molar-refractivity contribution < 1.29 is 4.79 Å². The van der Waals surface area contributed by atoms with Crippen LogP contribution in [0, 0.1) is 17.8 Å². The van der Waals surface area contributed by atoms with Crippen LogP contribution in [0.15, 0.2) is 4.99 Å². The van der Waals surface area contributed by atoms with Crippen molar-refractivity contribution in [2.75, 3.05) is 0 Å². The zero-order chi connectivity index (χ0) is 14.1. The van der Waals surface area contributed by atoms with Crippen molar-refractivity contribution in [3.8, 4) is 0 Å². The molecule has 0 saturated heterocycles. The Hall–Kier alpha value is -0.510. The van der Waals surface area contributed by atoms with E-state index >= 15 is 0 Å². The molecule has 1 amide bonds. The topological polar surface area (TPSA) is 41.5 Å². The Morgan fingerprint density at radius 2 is 1.57 bits per heavy atom. The zero-order valence-corrected chi connectivity index (χ0v) is 13.4. The molecule has 4 heteroatoms. The fraction of sp³-hybridized carbons (Fsp3) is 0.882. The van der Waals surface area contributed by atoms with Crippen LogP contribution in [-0.2, 0) is 4.79 Å². The molecule has 0 aromatic rings. The van der Waals surface area contributed by atoms with Crippen molar-refractivity contribution in [2.45, 2.75) is 74.5 Å². The highest BCUT2D eigenvalue weighted by Gasteiger charge is 2.53. The fourth-order valence-electron chi connectivity index (χ4n) is 6.25. The van der Waals surface area contributed by atoms with Gasteiger partial charge >= 0.3 is 0 Å². The number of carbonyl (C=O) groups is 1. The van der Waals surface area contributed by atoms with Gasteiger partial charge in [-0.1, -0.05) is 24.6 Å². The molecule has 4 bridgehead atoms. The van der Waals surface area contributed by atoms with Gasteiger partial charge in [-0.15, -0.1) is 0 Å². The maximum atomic E-state index is 12.3. The number of amides is 1. The van der Waals surface area contributed by atoms with Gasteiger partial charge in [-0.2, -0.15) is 4.99 Å². The lowest BCUT2D eigenvalue weighted by atomic mass is 9.53. The summed E-state index contributed by atoms with van der Waals surface area (Å²) < 4.78 is -0.176. The van der Waals surface area contributed by atoms with Gasteiger partial charge in [-0.3, -0.25) is 4.79 Å². The lowest BCUT2D eigenvalue weighted by molar-refractivity contribution is -0.119. The number of thioether (sulfide) groups is 1. The lowest BCUT2D eigenvalue weighted by Crippen LogP contribution is -2.59. The Morgan fingerprint density at radius 1 is 1.00 bits per heavy atom. The monoisotopic (exact) mass is 304 g/mol. The number of carbonyl (C=O) groups excluding carboxylic acids is 1. The molecule has 1 heterocycles. The van der Waals surface area contributed by atoms with E-state index in [1.807, 2.05) is 0 Å². The molecule has 5 fully saturated rings. The second-order valence-corrected chi connectivity index (χ2v) is 9.72. The molecule has 0 unspecified atom stereocenters. The molecule has 1 aliphatic heterocycles. The van der Waals surface area contributed by atoms with Crippen molar-refractivity contribution in [2.24, 2.45) is 22.7 Å². The SMILES string of the molecule is O=C1N=C(NC23CC4CC(CC(C4)C2)C3)SC12CCCC2. The first-order chi connectivity index (χ1) is 10.1. The summed E-state index contributed by atoms with van der Waals surface area (Å²) in [5.41, 5.74) is 0.283. The molecule has 0 aromatic heterocycles. The summed E-state index contributed by atoms with van der Waals surface area (Å²) in [7, 11) is 0. The minimum Gasteiger partial charge on any atom is -0.359 e. The third kappa shape index (κ3) is 1.94. The predicted octanol–water partition coefficient (Wildman–Crippen LogP) is 3.49. The smallest absolute Gasteiger partial charge is 0.264 e. The standard InChI is InChI=1S/C17H24N2OS/c20-14-17(3-1-2-4-17)21-15(18-14)19-16-8-11-5-12(9-16)7-13(6-11)10-16/h11-13H,1-10H2,(H,18,19,20). The minimum absolute atomic E-state index is 0.150. The van der Waals surface area contributed by atoms with Gasteiger partial charge in [0.15, 0.2) is 5.17 Å². The number of nitrogens with one attached hydrogen (secondary N) is 1. The molecule has 0 atom stereocenters. The quantitative estimate of drug-likeness (QED) is 0.806. The number of hydrogen-bond donors (Lipinski definition) is 1. The average Bonchev–Trinajstić information content (AvgIpc) is 2.96. The molecule has 114 valence electrons. The van der Waals surface area contributed by atoms with Crippen LogP contribution in [-0.4, -0.2) is 21.4 Å². The van der Waals surface area contributed by atoms with E-state index in [4.69, 9.17) is 0 Å². The van der Waals surface area contributed by atoms with Crippen molar-refractivity contribution >= 4 is 22.8 Å². The highest BCUT2D eigenvalue weighted by molar-refractivity contribution is 8.16. The Bertz CT molecular complexity index is 486. The summed E-state index contributed by atoms with van der Waals surface area (Å²) in [6.45, 7) is 0. The van der Waals surface area contributed by atoms with Crippen molar-refractivity contribution in [3.05, 3.63) is 0 Å². The van der Waals surface area contributed by atoms with Gasteiger partial charge in [-0.05, 0) is 69.1 Å². The van der Waals surface area contributed by atoms with E-state index < -0.39 is 0 Å². The fourth-order valence-corrected chi connectivity index (χ4v) is 7.64. The van der Waals surface area contributed by atoms with Crippen molar-refractivity contribution in [3.63, 3.8) is 0 Å².